The molecule has 1 aliphatic heterocycles. The molecule has 2 aromatic carbocycles. The number of carbonyl (C=O) groups is 1. The summed E-state index contributed by atoms with van der Waals surface area (Å²) in [4.78, 5) is 14.4. The standard InChI is InChI=1S/C20H21N3O2/c1-15-13-23(14-19(25-15)17-5-3-2-4-6-17)20(24)12-22-18-9-7-16(11-21)8-10-18/h2-10,15,19,22H,12-14H2,1H3/t15-,19+/m0/s1. The van der Waals surface area contributed by atoms with E-state index in [9.17, 15) is 4.79 Å². The highest BCUT2D eigenvalue weighted by molar-refractivity contribution is 5.81. The molecule has 5 nitrogen and oxygen atoms in total. The molecule has 1 aliphatic rings. The van der Waals surface area contributed by atoms with Crippen molar-refractivity contribution in [3.63, 3.8) is 0 Å². The molecule has 0 saturated carbocycles. The van der Waals surface area contributed by atoms with Crippen LogP contribution in [0.15, 0.2) is 54.6 Å². The van der Waals surface area contributed by atoms with Crippen molar-refractivity contribution < 1.29 is 9.53 Å². The van der Waals surface area contributed by atoms with E-state index in [1.807, 2.05) is 42.2 Å². The molecule has 0 spiro atoms. The van der Waals surface area contributed by atoms with Gasteiger partial charge in [0.2, 0.25) is 5.91 Å². The molecule has 0 bridgehead atoms. The van der Waals surface area contributed by atoms with Crippen molar-refractivity contribution >= 4 is 11.6 Å². The maximum Gasteiger partial charge on any atom is 0.242 e. The van der Waals surface area contributed by atoms with Gasteiger partial charge in [-0.15, -0.1) is 0 Å². The van der Waals surface area contributed by atoms with E-state index in [1.54, 1.807) is 24.3 Å². The number of hydrogen-bond donors (Lipinski definition) is 1. The van der Waals surface area contributed by atoms with Gasteiger partial charge in [0.05, 0.1) is 30.8 Å². The fourth-order valence-electron chi connectivity index (χ4n) is 2.96. The molecule has 0 unspecified atom stereocenters. The summed E-state index contributed by atoms with van der Waals surface area (Å²) in [6, 6.07) is 19.1. The summed E-state index contributed by atoms with van der Waals surface area (Å²) in [5.74, 6) is 0.0421. The van der Waals surface area contributed by atoms with Crippen LogP contribution in [0.25, 0.3) is 0 Å². The fraction of sp³-hybridized carbons (Fsp3) is 0.300. The number of nitriles is 1. The van der Waals surface area contributed by atoms with Crippen molar-refractivity contribution in [2.45, 2.75) is 19.1 Å². The molecule has 1 heterocycles. The van der Waals surface area contributed by atoms with Crippen LogP contribution in [0.1, 0.15) is 24.2 Å². The van der Waals surface area contributed by atoms with Crippen molar-refractivity contribution in [1.29, 1.82) is 5.26 Å². The lowest BCUT2D eigenvalue weighted by Crippen LogP contribution is -2.47. The number of benzene rings is 2. The summed E-state index contributed by atoms with van der Waals surface area (Å²) in [6.07, 6.45) is -0.0957. The number of ether oxygens (including phenoxy) is 1. The van der Waals surface area contributed by atoms with Crippen LogP contribution in [0.5, 0.6) is 0 Å². The van der Waals surface area contributed by atoms with Crippen LogP contribution < -0.4 is 5.32 Å². The highest BCUT2D eigenvalue weighted by Crippen LogP contribution is 2.25. The van der Waals surface area contributed by atoms with E-state index in [0.29, 0.717) is 18.7 Å². The zero-order valence-electron chi connectivity index (χ0n) is 14.2. The second kappa shape index (κ2) is 7.82. The largest absolute Gasteiger partial charge is 0.376 e. The number of carbonyl (C=O) groups excluding carboxylic acids is 1. The zero-order chi connectivity index (χ0) is 17.6. The first-order valence-electron chi connectivity index (χ1n) is 8.38. The molecule has 3 rings (SSSR count). The predicted octanol–water partition coefficient (Wildman–Crippen LogP) is 2.96. The molecule has 0 aromatic heterocycles. The van der Waals surface area contributed by atoms with Gasteiger partial charge in [0, 0.05) is 12.2 Å². The van der Waals surface area contributed by atoms with E-state index in [0.717, 1.165) is 11.3 Å². The van der Waals surface area contributed by atoms with Crippen molar-refractivity contribution in [2.75, 3.05) is 25.0 Å². The quantitative estimate of drug-likeness (QED) is 0.933. The summed E-state index contributed by atoms with van der Waals surface area (Å²) in [5, 5.41) is 11.9. The molecular formula is C20H21N3O2. The third-order valence-corrected chi connectivity index (χ3v) is 4.24. The normalized spacial score (nSPS) is 19.9. The smallest absolute Gasteiger partial charge is 0.242 e. The third kappa shape index (κ3) is 4.37. The second-order valence-corrected chi connectivity index (χ2v) is 6.19. The molecule has 0 aliphatic carbocycles. The molecular weight excluding hydrogens is 314 g/mol. The van der Waals surface area contributed by atoms with Crippen molar-refractivity contribution in [1.82, 2.24) is 4.90 Å². The van der Waals surface area contributed by atoms with Gasteiger partial charge in [0.25, 0.3) is 0 Å². The Balaban J connectivity index is 1.60. The average Bonchev–Trinajstić information content (AvgIpc) is 2.66. The first-order chi connectivity index (χ1) is 12.2. The Morgan fingerprint density at radius 3 is 2.60 bits per heavy atom. The maximum atomic E-state index is 12.6. The first-order valence-corrected chi connectivity index (χ1v) is 8.38. The SMILES string of the molecule is C[C@H]1CN(C(=O)CNc2ccc(C#N)cc2)C[C@H](c2ccccc2)O1. The molecule has 2 atom stereocenters. The molecule has 1 N–H and O–H groups in total. The summed E-state index contributed by atoms with van der Waals surface area (Å²) in [6.45, 7) is 3.36. The fourth-order valence-corrected chi connectivity index (χ4v) is 2.96. The van der Waals surface area contributed by atoms with Crippen LogP contribution in [0, 0.1) is 11.3 Å². The lowest BCUT2D eigenvalue weighted by atomic mass is 10.1. The Hall–Kier alpha value is -2.84. The Bertz CT molecular complexity index is 753. The Labute approximate surface area is 147 Å². The van der Waals surface area contributed by atoms with E-state index in [-0.39, 0.29) is 24.7 Å². The van der Waals surface area contributed by atoms with Gasteiger partial charge in [0.1, 0.15) is 6.10 Å². The summed E-state index contributed by atoms with van der Waals surface area (Å²) >= 11 is 0. The minimum Gasteiger partial charge on any atom is -0.376 e. The van der Waals surface area contributed by atoms with Crippen molar-refractivity contribution in [3.05, 3.63) is 65.7 Å². The van der Waals surface area contributed by atoms with Crippen LogP contribution in [0.4, 0.5) is 5.69 Å². The maximum absolute atomic E-state index is 12.6. The summed E-state index contributed by atoms with van der Waals surface area (Å²) < 4.78 is 6.00. The van der Waals surface area contributed by atoms with Gasteiger partial charge in [-0.2, -0.15) is 5.26 Å². The number of nitrogens with one attached hydrogen (secondary N) is 1. The van der Waals surface area contributed by atoms with E-state index < -0.39 is 0 Å². The number of amides is 1. The zero-order valence-corrected chi connectivity index (χ0v) is 14.2. The van der Waals surface area contributed by atoms with Crippen LogP contribution >= 0.6 is 0 Å². The lowest BCUT2D eigenvalue weighted by Gasteiger charge is -2.37. The lowest BCUT2D eigenvalue weighted by molar-refractivity contribution is -0.143. The van der Waals surface area contributed by atoms with Gasteiger partial charge in [-0.3, -0.25) is 4.79 Å². The topological polar surface area (TPSA) is 65.4 Å². The molecule has 1 saturated heterocycles. The first kappa shape index (κ1) is 17.0. The summed E-state index contributed by atoms with van der Waals surface area (Å²) in [5.41, 5.74) is 2.52. The van der Waals surface area contributed by atoms with Crippen LogP contribution in [-0.4, -0.2) is 36.5 Å². The highest BCUT2D eigenvalue weighted by atomic mass is 16.5. The average molecular weight is 335 g/mol. The predicted molar refractivity (Wildman–Crippen MR) is 96.0 cm³/mol. The molecule has 1 amide bonds. The van der Waals surface area contributed by atoms with Gasteiger partial charge < -0.3 is 15.0 Å². The van der Waals surface area contributed by atoms with Crippen LogP contribution in [0.2, 0.25) is 0 Å². The van der Waals surface area contributed by atoms with Gasteiger partial charge in [-0.05, 0) is 36.8 Å². The Morgan fingerprint density at radius 1 is 1.20 bits per heavy atom. The van der Waals surface area contributed by atoms with Gasteiger partial charge >= 0.3 is 0 Å². The number of hydrogen-bond acceptors (Lipinski definition) is 4. The third-order valence-electron chi connectivity index (χ3n) is 4.24. The molecule has 0 radical (unpaired) electrons. The van der Waals surface area contributed by atoms with Crippen LogP contribution in [-0.2, 0) is 9.53 Å². The minimum absolute atomic E-state index is 0.00202. The molecule has 25 heavy (non-hydrogen) atoms. The minimum atomic E-state index is -0.0937. The van der Waals surface area contributed by atoms with E-state index in [2.05, 4.69) is 11.4 Å². The van der Waals surface area contributed by atoms with Crippen LogP contribution in [0.3, 0.4) is 0 Å². The molecule has 2 aromatic rings. The monoisotopic (exact) mass is 335 g/mol. The molecule has 128 valence electrons. The summed E-state index contributed by atoms with van der Waals surface area (Å²) in [7, 11) is 0. The number of anilines is 1. The van der Waals surface area contributed by atoms with E-state index in [4.69, 9.17) is 10.00 Å². The van der Waals surface area contributed by atoms with E-state index in [1.165, 1.54) is 0 Å². The van der Waals surface area contributed by atoms with Gasteiger partial charge in [-0.1, -0.05) is 30.3 Å². The number of rotatable bonds is 4. The Morgan fingerprint density at radius 2 is 1.92 bits per heavy atom. The van der Waals surface area contributed by atoms with Gasteiger partial charge in [0.15, 0.2) is 0 Å². The second-order valence-electron chi connectivity index (χ2n) is 6.19. The number of morpholine rings is 1. The van der Waals surface area contributed by atoms with Crippen molar-refractivity contribution in [2.24, 2.45) is 0 Å². The number of nitrogens with zero attached hydrogens (tertiary/aromatic N) is 2. The van der Waals surface area contributed by atoms with Gasteiger partial charge in [-0.25, -0.2) is 0 Å². The van der Waals surface area contributed by atoms with E-state index >= 15 is 0 Å². The molecule has 1 fully saturated rings. The molecule has 5 heteroatoms. The van der Waals surface area contributed by atoms with Crippen molar-refractivity contribution in [3.8, 4) is 6.07 Å². The highest BCUT2D eigenvalue weighted by Gasteiger charge is 2.29. The Kier molecular flexibility index (Phi) is 5.32.